The van der Waals surface area contributed by atoms with E-state index >= 15 is 0 Å². The fraction of sp³-hybridized carbons (Fsp3) is 0.333. The molecule has 1 atom stereocenters. The molecule has 2 fully saturated rings. The quantitative estimate of drug-likeness (QED) is 0.343. The Morgan fingerprint density at radius 3 is 2.17 bits per heavy atom. The number of aromatic nitrogens is 2. The number of carbonyl (C=O) groups is 1. The van der Waals surface area contributed by atoms with Gasteiger partial charge >= 0.3 is 0 Å². The average molecular weight is 482 g/mol. The third-order valence-corrected chi connectivity index (χ3v) is 7.49. The molecule has 6 nitrogen and oxygen atoms in total. The minimum atomic E-state index is 0.280. The van der Waals surface area contributed by atoms with Crippen molar-refractivity contribution in [3.05, 3.63) is 66.7 Å². The maximum absolute atomic E-state index is 12.6. The van der Waals surface area contributed by atoms with Crippen molar-refractivity contribution < 1.29 is 14.3 Å². The van der Waals surface area contributed by atoms with Crippen molar-refractivity contribution in [3.63, 3.8) is 0 Å². The van der Waals surface area contributed by atoms with E-state index in [4.69, 9.17) is 14.5 Å². The molecule has 3 aromatic carbocycles. The van der Waals surface area contributed by atoms with Gasteiger partial charge in [0, 0.05) is 37.2 Å². The smallest absolute Gasteiger partial charge is 0.225 e. The van der Waals surface area contributed by atoms with Crippen molar-refractivity contribution in [2.24, 2.45) is 11.8 Å². The Morgan fingerprint density at radius 1 is 0.861 bits per heavy atom. The van der Waals surface area contributed by atoms with Crippen LogP contribution in [0, 0.1) is 11.8 Å². The fourth-order valence-electron chi connectivity index (χ4n) is 5.26. The Bertz CT molecular complexity index is 1390. The van der Waals surface area contributed by atoms with Crippen LogP contribution in [0.25, 0.3) is 33.5 Å². The Balaban J connectivity index is 1.31. The number of nitrogens with zero attached hydrogens (tertiary/aromatic N) is 3. The van der Waals surface area contributed by atoms with Crippen LogP contribution in [-0.2, 0) is 11.3 Å². The third kappa shape index (κ3) is 4.32. The summed E-state index contributed by atoms with van der Waals surface area (Å²) in [6, 6.07) is 22.7. The molecule has 1 aliphatic heterocycles. The lowest BCUT2D eigenvalue weighted by atomic mass is 10.0. The lowest BCUT2D eigenvalue weighted by Gasteiger charge is -2.18. The van der Waals surface area contributed by atoms with E-state index < -0.39 is 0 Å². The fourth-order valence-corrected chi connectivity index (χ4v) is 5.26. The van der Waals surface area contributed by atoms with Crippen LogP contribution in [-0.4, -0.2) is 47.7 Å². The number of imidazole rings is 1. The molecule has 1 saturated carbocycles. The number of hydrogen-bond acceptors (Lipinski definition) is 4. The molecule has 36 heavy (non-hydrogen) atoms. The van der Waals surface area contributed by atoms with E-state index in [1.165, 1.54) is 0 Å². The van der Waals surface area contributed by atoms with Crippen LogP contribution in [0.2, 0.25) is 0 Å². The predicted octanol–water partition coefficient (Wildman–Crippen LogP) is 5.65. The highest BCUT2D eigenvalue weighted by atomic mass is 16.5. The van der Waals surface area contributed by atoms with Crippen molar-refractivity contribution in [2.75, 3.05) is 27.3 Å². The van der Waals surface area contributed by atoms with Crippen LogP contribution in [0.3, 0.4) is 0 Å². The summed E-state index contributed by atoms with van der Waals surface area (Å²) in [4.78, 5) is 19.7. The van der Waals surface area contributed by atoms with Crippen LogP contribution < -0.4 is 9.47 Å². The van der Waals surface area contributed by atoms with Gasteiger partial charge < -0.3 is 18.9 Å². The van der Waals surface area contributed by atoms with E-state index in [0.717, 1.165) is 83.9 Å². The van der Waals surface area contributed by atoms with E-state index in [2.05, 4.69) is 51.9 Å². The topological polar surface area (TPSA) is 56.6 Å². The second kappa shape index (κ2) is 9.34. The standard InChI is InChI=1S/C30H31N3O3/c1-35-25-11-9-22(10-12-25)21-3-5-23(6-4-21)29-31-27-14-13-26(36-2)17-28(27)33(29)19-20-15-16-32(18-20)30(34)24-7-8-24/h3-6,9-14,17,20,24H,7-8,15-16,18-19H2,1-2H3/t20-/m0/s1. The normalized spacial score (nSPS) is 17.5. The minimum Gasteiger partial charge on any atom is -0.497 e. The van der Waals surface area contributed by atoms with Gasteiger partial charge in [0.25, 0.3) is 0 Å². The Labute approximate surface area is 211 Å². The first-order valence-corrected chi connectivity index (χ1v) is 12.7. The second-order valence-corrected chi connectivity index (χ2v) is 9.92. The number of carbonyl (C=O) groups excluding carboxylic acids is 1. The van der Waals surface area contributed by atoms with Gasteiger partial charge in [-0.25, -0.2) is 4.98 Å². The zero-order valence-corrected chi connectivity index (χ0v) is 20.8. The van der Waals surface area contributed by atoms with Crippen molar-refractivity contribution in [2.45, 2.75) is 25.8 Å². The number of amides is 1. The maximum Gasteiger partial charge on any atom is 0.225 e. The number of hydrogen-bond donors (Lipinski definition) is 0. The van der Waals surface area contributed by atoms with Gasteiger partial charge in [-0.1, -0.05) is 36.4 Å². The number of benzene rings is 3. The summed E-state index contributed by atoms with van der Waals surface area (Å²) in [5.74, 6) is 3.66. The highest BCUT2D eigenvalue weighted by molar-refractivity contribution is 5.83. The number of methoxy groups -OCH3 is 2. The van der Waals surface area contributed by atoms with Crippen molar-refractivity contribution in [1.29, 1.82) is 0 Å². The van der Waals surface area contributed by atoms with Gasteiger partial charge in [-0.2, -0.15) is 0 Å². The lowest BCUT2D eigenvalue weighted by molar-refractivity contribution is -0.131. The molecule has 2 aliphatic rings. The summed E-state index contributed by atoms with van der Waals surface area (Å²) < 4.78 is 13.1. The molecule has 6 rings (SSSR count). The van der Waals surface area contributed by atoms with Crippen molar-refractivity contribution in [3.8, 4) is 34.0 Å². The molecular weight excluding hydrogens is 450 g/mol. The van der Waals surface area contributed by atoms with Crippen molar-refractivity contribution in [1.82, 2.24) is 14.5 Å². The van der Waals surface area contributed by atoms with E-state index in [1.54, 1.807) is 14.2 Å². The van der Waals surface area contributed by atoms with Crippen LogP contribution >= 0.6 is 0 Å². The molecule has 1 aromatic heterocycles. The molecule has 0 bridgehead atoms. The molecule has 1 saturated heterocycles. The predicted molar refractivity (Wildman–Crippen MR) is 141 cm³/mol. The van der Waals surface area contributed by atoms with Crippen LogP contribution in [0.15, 0.2) is 66.7 Å². The summed E-state index contributed by atoms with van der Waals surface area (Å²) in [6.07, 6.45) is 3.14. The molecule has 0 unspecified atom stereocenters. The summed E-state index contributed by atoms with van der Waals surface area (Å²) >= 11 is 0. The Morgan fingerprint density at radius 2 is 1.50 bits per heavy atom. The molecule has 2 heterocycles. The molecule has 0 N–H and O–H groups in total. The van der Waals surface area contributed by atoms with Crippen LogP contribution in [0.5, 0.6) is 11.5 Å². The summed E-state index contributed by atoms with van der Waals surface area (Å²) in [5.41, 5.74) is 5.39. The van der Waals surface area contributed by atoms with E-state index in [9.17, 15) is 4.79 Å². The SMILES string of the molecule is COc1ccc(-c2ccc(-c3nc4ccc(OC)cc4n3C[C@H]3CCN(C(=O)C4CC4)C3)cc2)cc1. The molecule has 1 amide bonds. The zero-order valence-electron chi connectivity index (χ0n) is 20.8. The molecule has 6 heteroatoms. The molecular formula is C30H31N3O3. The summed E-state index contributed by atoms with van der Waals surface area (Å²) in [6.45, 7) is 2.52. The summed E-state index contributed by atoms with van der Waals surface area (Å²) in [7, 11) is 3.37. The van der Waals surface area contributed by atoms with Crippen LogP contribution in [0.1, 0.15) is 19.3 Å². The monoisotopic (exact) mass is 481 g/mol. The minimum absolute atomic E-state index is 0.280. The Hall–Kier alpha value is -3.80. The van der Waals surface area contributed by atoms with Gasteiger partial charge in [-0.3, -0.25) is 4.79 Å². The van der Waals surface area contributed by atoms with Gasteiger partial charge in [0.2, 0.25) is 5.91 Å². The first-order valence-electron chi connectivity index (χ1n) is 12.7. The largest absolute Gasteiger partial charge is 0.497 e. The van der Waals surface area contributed by atoms with E-state index in [0.29, 0.717) is 11.8 Å². The molecule has 4 aromatic rings. The average Bonchev–Trinajstić information content (AvgIpc) is 3.58. The number of ether oxygens (including phenoxy) is 2. The Kier molecular flexibility index (Phi) is 5.88. The first-order chi connectivity index (χ1) is 17.6. The van der Waals surface area contributed by atoms with E-state index in [1.807, 2.05) is 24.3 Å². The number of fused-ring (bicyclic) bond motifs is 1. The van der Waals surface area contributed by atoms with Crippen molar-refractivity contribution >= 4 is 16.9 Å². The van der Waals surface area contributed by atoms with Crippen LogP contribution in [0.4, 0.5) is 0 Å². The third-order valence-electron chi connectivity index (χ3n) is 7.49. The molecule has 0 spiro atoms. The maximum atomic E-state index is 12.6. The number of rotatable bonds is 7. The van der Waals surface area contributed by atoms with Gasteiger partial charge in [-0.05, 0) is 60.6 Å². The number of likely N-dealkylation sites (tertiary alicyclic amines) is 1. The molecule has 0 radical (unpaired) electrons. The highest BCUT2D eigenvalue weighted by Crippen LogP contribution is 2.35. The summed E-state index contributed by atoms with van der Waals surface area (Å²) in [5, 5.41) is 0. The highest BCUT2D eigenvalue weighted by Gasteiger charge is 2.36. The van der Waals surface area contributed by atoms with Gasteiger partial charge in [0.15, 0.2) is 0 Å². The molecule has 184 valence electrons. The molecule has 1 aliphatic carbocycles. The zero-order chi connectivity index (χ0) is 24.6. The second-order valence-electron chi connectivity index (χ2n) is 9.92. The van der Waals surface area contributed by atoms with E-state index in [-0.39, 0.29) is 5.92 Å². The first kappa shape index (κ1) is 22.7. The lowest BCUT2D eigenvalue weighted by Crippen LogP contribution is -2.30. The van der Waals surface area contributed by atoms with Gasteiger partial charge in [0.05, 0.1) is 25.3 Å². The van der Waals surface area contributed by atoms with Gasteiger partial charge in [0.1, 0.15) is 17.3 Å². The van der Waals surface area contributed by atoms with Gasteiger partial charge in [-0.15, -0.1) is 0 Å².